The molecule has 1 aromatic carbocycles. The molecule has 0 saturated heterocycles. The normalized spacial score (nSPS) is 11.4. The maximum atomic E-state index is 13.0. The molecule has 0 atom stereocenters. The Morgan fingerprint density at radius 2 is 1.83 bits per heavy atom. The lowest BCUT2D eigenvalue weighted by molar-refractivity contribution is 0.0735. The van der Waals surface area contributed by atoms with Crippen molar-refractivity contribution >= 4 is 17.7 Å². The summed E-state index contributed by atoms with van der Waals surface area (Å²) in [5.74, 6) is -2.76. The second-order valence-electron chi connectivity index (χ2n) is 5.92. The molecule has 0 saturated carbocycles. The van der Waals surface area contributed by atoms with Gasteiger partial charge in [0.1, 0.15) is 0 Å². The molecule has 2 nitrogen and oxygen atoms in total. The minimum atomic E-state index is -3.02. The summed E-state index contributed by atoms with van der Waals surface area (Å²) in [6.45, 7) is 12.0. The quantitative estimate of drug-likeness (QED) is 0.689. The molecule has 0 spiro atoms. The van der Waals surface area contributed by atoms with Crippen molar-refractivity contribution in [2.24, 2.45) is 5.92 Å². The predicted molar refractivity (Wildman–Crippen MR) is 93.6 cm³/mol. The maximum Gasteiger partial charge on any atom is 0.276 e. The van der Waals surface area contributed by atoms with Crippen LogP contribution in [0.2, 0.25) is 0 Å². The van der Waals surface area contributed by atoms with E-state index in [-0.39, 0.29) is 15.8 Å². The van der Waals surface area contributed by atoms with Crippen LogP contribution >= 0.6 is 11.8 Å². The smallest absolute Gasteiger partial charge is 0.276 e. The summed E-state index contributed by atoms with van der Waals surface area (Å²) in [4.78, 5) is 11.7. The predicted octanol–water partition coefficient (Wildman–Crippen LogP) is 5.38. The summed E-state index contributed by atoms with van der Waals surface area (Å²) in [6.07, 6.45) is 2.06. The number of aryl methyl sites for hydroxylation is 1. The van der Waals surface area contributed by atoms with Gasteiger partial charge in [-0.15, -0.1) is 0 Å². The standard InChI is InChI=1S/C18H23F2NOS/c1-12(2)6-7-15-8-10-16(11-9-15)17(22)21-14(4)23-13(3)18(5,19)20/h8-12H,3-4,6-7H2,1-2,5H3,(H,21,22). The number of rotatable bonds is 8. The first-order valence-electron chi connectivity index (χ1n) is 7.44. The fourth-order valence-electron chi connectivity index (χ4n) is 1.74. The van der Waals surface area contributed by atoms with Gasteiger partial charge in [-0.2, -0.15) is 0 Å². The average molecular weight is 339 g/mol. The topological polar surface area (TPSA) is 29.1 Å². The highest BCUT2D eigenvalue weighted by molar-refractivity contribution is 8.06. The molecule has 0 heterocycles. The Morgan fingerprint density at radius 3 is 2.30 bits per heavy atom. The molecule has 0 fully saturated rings. The molecular weight excluding hydrogens is 316 g/mol. The Balaban J connectivity index is 2.58. The molecule has 1 aromatic rings. The van der Waals surface area contributed by atoms with Crippen LogP contribution in [0.15, 0.2) is 47.4 Å². The van der Waals surface area contributed by atoms with Crippen LogP contribution in [-0.2, 0) is 6.42 Å². The second-order valence-corrected chi connectivity index (χ2v) is 7.11. The van der Waals surface area contributed by atoms with E-state index < -0.39 is 5.92 Å². The van der Waals surface area contributed by atoms with E-state index in [9.17, 15) is 13.6 Å². The molecule has 0 radical (unpaired) electrons. The van der Waals surface area contributed by atoms with Gasteiger partial charge in [0.25, 0.3) is 11.8 Å². The summed E-state index contributed by atoms with van der Waals surface area (Å²) in [6, 6.07) is 7.27. The lowest BCUT2D eigenvalue weighted by Crippen LogP contribution is -2.22. The van der Waals surface area contributed by atoms with Crippen molar-refractivity contribution in [3.63, 3.8) is 0 Å². The van der Waals surface area contributed by atoms with E-state index in [1.54, 1.807) is 12.1 Å². The van der Waals surface area contributed by atoms with Crippen LogP contribution in [0.4, 0.5) is 8.78 Å². The van der Waals surface area contributed by atoms with E-state index in [4.69, 9.17) is 0 Å². The van der Waals surface area contributed by atoms with Crippen molar-refractivity contribution in [1.29, 1.82) is 0 Å². The van der Waals surface area contributed by atoms with Crippen LogP contribution < -0.4 is 5.32 Å². The van der Waals surface area contributed by atoms with Gasteiger partial charge >= 0.3 is 0 Å². The second kappa shape index (κ2) is 8.29. The van der Waals surface area contributed by atoms with Gasteiger partial charge in [-0.25, -0.2) is 8.78 Å². The fourth-order valence-corrected chi connectivity index (χ4v) is 2.36. The van der Waals surface area contributed by atoms with Gasteiger partial charge in [0.15, 0.2) is 0 Å². The molecule has 1 amide bonds. The lowest BCUT2D eigenvalue weighted by Gasteiger charge is -2.15. The third kappa shape index (κ3) is 6.99. The van der Waals surface area contributed by atoms with E-state index in [0.29, 0.717) is 23.2 Å². The van der Waals surface area contributed by atoms with Crippen molar-refractivity contribution in [1.82, 2.24) is 5.32 Å². The third-order valence-electron chi connectivity index (χ3n) is 3.22. The van der Waals surface area contributed by atoms with Crippen molar-refractivity contribution < 1.29 is 13.6 Å². The largest absolute Gasteiger partial charge is 0.317 e. The minimum Gasteiger partial charge on any atom is -0.317 e. The molecule has 0 unspecified atom stereocenters. The number of carbonyl (C=O) groups excluding carboxylic acids is 1. The Labute approximate surface area is 141 Å². The Morgan fingerprint density at radius 1 is 1.26 bits per heavy atom. The molecule has 0 aromatic heterocycles. The van der Waals surface area contributed by atoms with Crippen molar-refractivity contribution in [2.75, 3.05) is 0 Å². The zero-order valence-corrected chi connectivity index (χ0v) is 14.6. The van der Waals surface area contributed by atoms with Gasteiger partial charge in [-0.05, 0) is 36.5 Å². The van der Waals surface area contributed by atoms with Gasteiger partial charge in [-0.3, -0.25) is 4.79 Å². The number of amides is 1. The van der Waals surface area contributed by atoms with Crippen molar-refractivity contribution in [3.8, 4) is 0 Å². The molecule has 0 aliphatic carbocycles. The van der Waals surface area contributed by atoms with E-state index >= 15 is 0 Å². The van der Waals surface area contributed by atoms with Gasteiger partial charge in [0, 0.05) is 12.5 Å². The van der Waals surface area contributed by atoms with Crippen LogP contribution in [0.25, 0.3) is 0 Å². The first kappa shape index (κ1) is 19.4. The van der Waals surface area contributed by atoms with Crippen molar-refractivity contribution in [3.05, 3.63) is 58.5 Å². The summed E-state index contributed by atoms with van der Waals surface area (Å²) < 4.78 is 26.1. The van der Waals surface area contributed by atoms with Crippen molar-refractivity contribution in [2.45, 2.75) is 39.5 Å². The van der Waals surface area contributed by atoms with Crippen LogP contribution in [0, 0.1) is 5.92 Å². The van der Waals surface area contributed by atoms with Crippen LogP contribution in [-0.4, -0.2) is 11.8 Å². The zero-order chi connectivity index (χ0) is 17.6. The SMILES string of the molecule is C=C(NC(=O)c1ccc(CCC(C)C)cc1)SC(=C)C(C)(F)F. The highest BCUT2D eigenvalue weighted by Gasteiger charge is 2.27. The van der Waals surface area contributed by atoms with E-state index in [0.717, 1.165) is 19.8 Å². The van der Waals surface area contributed by atoms with E-state index in [2.05, 4.69) is 32.3 Å². The highest BCUT2D eigenvalue weighted by Crippen LogP contribution is 2.34. The van der Waals surface area contributed by atoms with Gasteiger partial charge in [0.2, 0.25) is 0 Å². The van der Waals surface area contributed by atoms with Gasteiger partial charge < -0.3 is 5.32 Å². The monoisotopic (exact) mass is 339 g/mol. The maximum absolute atomic E-state index is 13.0. The van der Waals surface area contributed by atoms with Crippen LogP contribution in [0.3, 0.4) is 0 Å². The molecule has 23 heavy (non-hydrogen) atoms. The Bertz CT molecular complexity index is 574. The number of hydrogen-bond acceptors (Lipinski definition) is 2. The molecule has 0 aliphatic heterocycles. The Hall–Kier alpha value is -1.62. The molecule has 0 bridgehead atoms. The molecule has 1 rings (SSSR count). The number of carbonyl (C=O) groups is 1. The molecule has 126 valence electrons. The molecule has 1 N–H and O–H groups in total. The number of nitrogens with one attached hydrogen (secondary N) is 1. The highest BCUT2D eigenvalue weighted by atomic mass is 32.2. The number of thioether (sulfide) groups is 1. The van der Waals surface area contributed by atoms with Gasteiger partial charge in [-0.1, -0.05) is 50.9 Å². The summed E-state index contributed by atoms with van der Waals surface area (Å²) in [5.41, 5.74) is 1.64. The van der Waals surface area contributed by atoms with E-state index in [1.165, 1.54) is 5.56 Å². The summed E-state index contributed by atoms with van der Waals surface area (Å²) in [5, 5.41) is 2.63. The zero-order valence-electron chi connectivity index (χ0n) is 13.8. The first-order valence-corrected chi connectivity index (χ1v) is 8.25. The summed E-state index contributed by atoms with van der Waals surface area (Å²) in [7, 11) is 0. The minimum absolute atomic E-state index is 0.130. The molecular formula is C18H23F2NOS. The van der Waals surface area contributed by atoms with E-state index in [1.807, 2.05) is 12.1 Å². The number of benzene rings is 1. The number of alkyl halides is 2. The molecule has 0 aliphatic rings. The molecule has 5 heteroatoms. The number of allylic oxidation sites excluding steroid dienone is 1. The van der Waals surface area contributed by atoms with Crippen LogP contribution in [0.5, 0.6) is 0 Å². The van der Waals surface area contributed by atoms with Crippen LogP contribution in [0.1, 0.15) is 43.1 Å². The Kier molecular flexibility index (Phi) is 7.01. The lowest BCUT2D eigenvalue weighted by atomic mass is 10.0. The van der Waals surface area contributed by atoms with Gasteiger partial charge in [0.05, 0.1) is 9.93 Å². The first-order chi connectivity index (χ1) is 10.6. The fraction of sp³-hybridized carbons (Fsp3) is 0.389. The average Bonchev–Trinajstić information content (AvgIpc) is 2.44. The summed E-state index contributed by atoms with van der Waals surface area (Å²) >= 11 is 0.673. The number of hydrogen-bond donors (Lipinski definition) is 1. The third-order valence-corrected chi connectivity index (χ3v) is 4.17. The number of halogens is 2.